The number of fused-ring (bicyclic) bond motifs is 1. The normalized spacial score (nSPS) is 13.7. The van der Waals surface area contributed by atoms with Crippen molar-refractivity contribution in [3.8, 4) is 22.6 Å². The van der Waals surface area contributed by atoms with Gasteiger partial charge in [-0.1, -0.05) is 18.2 Å². The Morgan fingerprint density at radius 1 is 0.915 bits per heavy atom. The summed E-state index contributed by atoms with van der Waals surface area (Å²) in [5, 5.41) is 15.0. The number of anilines is 2. The second-order valence-electron chi connectivity index (χ2n) is 11.3. The van der Waals surface area contributed by atoms with E-state index in [1.54, 1.807) is 54.5 Å². The number of pyridine rings is 1. The van der Waals surface area contributed by atoms with Gasteiger partial charge in [-0.2, -0.15) is 0 Å². The number of morpholine rings is 1. The van der Waals surface area contributed by atoms with Crippen LogP contribution < -0.4 is 25.7 Å². The second-order valence-corrected chi connectivity index (χ2v) is 11.3. The van der Waals surface area contributed by atoms with Crippen molar-refractivity contribution in [1.82, 2.24) is 9.47 Å². The van der Waals surface area contributed by atoms with Crippen LogP contribution in [0.4, 0.5) is 11.4 Å². The molecule has 6 rings (SSSR count). The van der Waals surface area contributed by atoms with E-state index in [9.17, 15) is 24.3 Å². The molecule has 3 heterocycles. The molecule has 3 N–H and O–H groups in total. The fourth-order valence-corrected chi connectivity index (χ4v) is 5.71. The molecule has 0 atom stereocenters. The molecule has 0 aliphatic carbocycles. The third kappa shape index (κ3) is 6.74. The molecule has 0 saturated carbocycles. The van der Waals surface area contributed by atoms with E-state index in [2.05, 4.69) is 10.6 Å². The van der Waals surface area contributed by atoms with E-state index in [1.165, 1.54) is 4.57 Å². The number of aliphatic hydroxyl groups is 1. The molecule has 0 unspecified atom stereocenters. The molecule has 12 nitrogen and oxygen atoms in total. The van der Waals surface area contributed by atoms with Gasteiger partial charge in [0.1, 0.15) is 6.61 Å². The van der Waals surface area contributed by atoms with Gasteiger partial charge in [0, 0.05) is 49.6 Å². The summed E-state index contributed by atoms with van der Waals surface area (Å²) in [6.07, 6.45) is 1.96. The van der Waals surface area contributed by atoms with Crippen LogP contribution in [0.1, 0.15) is 37.4 Å². The Morgan fingerprint density at radius 3 is 2.49 bits per heavy atom. The molecular formula is C35H34N4O8. The van der Waals surface area contributed by atoms with Crippen molar-refractivity contribution >= 4 is 29.1 Å². The number of carbonyl (C=O) groups excluding carboxylic acids is 3. The van der Waals surface area contributed by atoms with Gasteiger partial charge in [0.15, 0.2) is 11.5 Å². The van der Waals surface area contributed by atoms with Gasteiger partial charge in [0.2, 0.25) is 12.7 Å². The molecule has 3 aromatic carbocycles. The first-order valence-electron chi connectivity index (χ1n) is 15.1. The number of nitrogens with one attached hydrogen (secondary N) is 2. The van der Waals surface area contributed by atoms with Crippen molar-refractivity contribution in [2.75, 3.05) is 50.3 Å². The Kier molecular flexibility index (Phi) is 9.05. The van der Waals surface area contributed by atoms with Crippen LogP contribution in [0.5, 0.6) is 11.5 Å². The summed E-state index contributed by atoms with van der Waals surface area (Å²) in [7, 11) is 1.67. The standard InChI is InChI=1S/C35H34N4O8/c1-21-26(4-3-5-28(21)37-33(42)23-7-9-30-31(17-23)47-20-46-30)25-16-24(34(43)38(2)18-25)14-22-6-8-27(29(15-22)36-32(41)19-40)35(44)39-10-12-45-13-11-39/h3-9,15-18,40H,10-14,19-20H2,1-2H3,(H,36,41)(H,37,42). The molecule has 47 heavy (non-hydrogen) atoms. The number of carbonyl (C=O) groups is 3. The third-order valence-corrected chi connectivity index (χ3v) is 8.21. The zero-order valence-corrected chi connectivity index (χ0v) is 26.0. The number of aromatic nitrogens is 1. The molecule has 0 radical (unpaired) electrons. The number of ether oxygens (including phenoxy) is 3. The average molecular weight is 639 g/mol. The van der Waals surface area contributed by atoms with Gasteiger partial charge < -0.3 is 39.4 Å². The topological polar surface area (TPSA) is 148 Å². The lowest BCUT2D eigenvalue weighted by molar-refractivity contribution is -0.118. The molecule has 0 spiro atoms. The van der Waals surface area contributed by atoms with E-state index in [0.717, 1.165) is 16.7 Å². The van der Waals surface area contributed by atoms with Gasteiger partial charge in [-0.25, -0.2) is 0 Å². The summed E-state index contributed by atoms with van der Waals surface area (Å²) >= 11 is 0. The fraction of sp³-hybridized carbons (Fsp3) is 0.257. The highest BCUT2D eigenvalue weighted by molar-refractivity contribution is 6.06. The molecule has 2 aliphatic heterocycles. The molecule has 12 heteroatoms. The molecule has 242 valence electrons. The lowest BCUT2D eigenvalue weighted by Gasteiger charge is -2.27. The van der Waals surface area contributed by atoms with Gasteiger partial charge in [-0.05, 0) is 71.6 Å². The van der Waals surface area contributed by atoms with Gasteiger partial charge >= 0.3 is 0 Å². The molecule has 4 aromatic rings. The van der Waals surface area contributed by atoms with Crippen LogP contribution in [0.3, 0.4) is 0 Å². The van der Waals surface area contributed by atoms with Crippen LogP contribution in [0, 0.1) is 6.92 Å². The molecule has 1 saturated heterocycles. The zero-order chi connectivity index (χ0) is 33.1. The first kappa shape index (κ1) is 31.5. The summed E-state index contributed by atoms with van der Waals surface area (Å²) < 4.78 is 17.6. The van der Waals surface area contributed by atoms with Crippen molar-refractivity contribution in [2.24, 2.45) is 7.05 Å². The molecular weight excluding hydrogens is 604 g/mol. The van der Waals surface area contributed by atoms with Crippen LogP contribution in [0.2, 0.25) is 0 Å². The highest BCUT2D eigenvalue weighted by Crippen LogP contribution is 2.34. The van der Waals surface area contributed by atoms with Crippen molar-refractivity contribution in [2.45, 2.75) is 13.3 Å². The van der Waals surface area contributed by atoms with Crippen molar-refractivity contribution in [3.05, 3.63) is 105 Å². The number of hydrogen-bond acceptors (Lipinski definition) is 8. The summed E-state index contributed by atoms with van der Waals surface area (Å²) in [6.45, 7) is 2.99. The van der Waals surface area contributed by atoms with E-state index in [-0.39, 0.29) is 41.8 Å². The monoisotopic (exact) mass is 638 g/mol. The summed E-state index contributed by atoms with van der Waals surface area (Å²) in [5.74, 6) is -0.107. The van der Waals surface area contributed by atoms with E-state index in [4.69, 9.17) is 14.2 Å². The summed E-state index contributed by atoms with van der Waals surface area (Å²) in [6, 6.07) is 17.4. The zero-order valence-electron chi connectivity index (χ0n) is 26.0. The number of nitrogens with zero attached hydrogens (tertiary/aromatic N) is 2. The maximum atomic E-state index is 13.3. The predicted molar refractivity (Wildman–Crippen MR) is 174 cm³/mol. The number of aryl methyl sites for hydroxylation is 1. The van der Waals surface area contributed by atoms with Crippen LogP contribution in [-0.4, -0.2) is 72.0 Å². The predicted octanol–water partition coefficient (Wildman–Crippen LogP) is 3.34. The van der Waals surface area contributed by atoms with Crippen LogP contribution >= 0.6 is 0 Å². The SMILES string of the molecule is Cc1c(NC(=O)c2ccc3c(c2)OCO3)cccc1-c1cc(Cc2ccc(C(=O)N3CCOCC3)c(NC(=O)CO)c2)c(=O)n(C)c1. The summed E-state index contributed by atoms with van der Waals surface area (Å²) in [4.78, 5) is 53.5. The lowest BCUT2D eigenvalue weighted by Crippen LogP contribution is -2.41. The minimum absolute atomic E-state index is 0.116. The highest BCUT2D eigenvalue weighted by atomic mass is 16.7. The maximum absolute atomic E-state index is 13.3. The Hall–Kier alpha value is -5.46. The van der Waals surface area contributed by atoms with E-state index in [1.807, 2.05) is 31.2 Å². The number of aliphatic hydroxyl groups excluding tert-OH is 1. The molecule has 1 fully saturated rings. The average Bonchev–Trinajstić information content (AvgIpc) is 3.56. The Bertz CT molecular complexity index is 1930. The maximum Gasteiger partial charge on any atom is 0.256 e. The lowest BCUT2D eigenvalue weighted by atomic mass is 9.96. The molecule has 0 bridgehead atoms. The van der Waals surface area contributed by atoms with Crippen molar-refractivity contribution in [3.63, 3.8) is 0 Å². The molecule has 3 amide bonds. The minimum atomic E-state index is -0.742. The van der Waals surface area contributed by atoms with Gasteiger partial charge in [0.25, 0.3) is 17.4 Å². The van der Waals surface area contributed by atoms with Crippen LogP contribution in [0.15, 0.2) is 71.7 Å². The number of benzene rings is 3. The third-order valence-electron chi connectivity index (χ3n) is 8.21. The Balaban J connectivity index is 1.28. The van der Waals surface area contributed by atoms with Gasteiger partial charge in [-0.15, -0.1) is 0 Å². The summed E-state index contributed by atoms with van der Waals surface area (Å²) in [5.41, 5.74) is 4.97. The Labute approximate surface area is 270 Å². The first-order chi connectivity index (χ1) is 22.7. The Morgan fingerprint density at radius 2 is 1.70 bits per heavy atom. The molecule has 1 aromatic heterocycles. The first-order valence-corrected chi connectivity index (χ1v) is 15.1. The van der Waals surface area contributed by atoms with Gasteiger partial charge in [-0.3, -0.25) is 19.2 Å². The van der Waals surface area contributed by atoms with Crippen LogP contribution in [-0.2, 0) is 23.0 Å². The smallest absolute Gasteiger partial charge is 0.256 e. The quantitative estimate of drug-likeness (QED) is 0.266. The van der Waals surface area contributed by atoms with E-state index in [0.29, 0.717) is 60.2 Å². The number of amides is 3. The van der Waals surface area contributed by atoms with Gasteiger partial charge in [0.05, 0.1) is 24.5 Å². The largest absolute Gasteiger partial charge is 0.454 e. The van der Waals surface area contributed by atoms with E-state index < -0.39 is 12.5 Å². The highest BCUT2D eigenvalue weighted by Gasteiger charge is 2.23. The number of hydrogen-bond donors (Lipinski definition) is 3. The number of rotatable bonds is 8. The van der Waals surface area contributed by atoms with E-state index >= 15 is 0 Å². The van der Waals surface area contributed by atoms with Crippen molar-refractivity contribution < 1.29 is 33.7 Å². The van der Waals surface area contributed by atoms with Crippen molar-refractivity contribution in [1.29, 1.82) is 0 Å². The fourth-order valence-electron chi connectivity index (χ4n) is 5.71. The molecule has 2 aliphatic rings. The second kappa shape index (κ2) is 13.5. The minimum Gasteiger partial charge on any atom is -0.454 e. The van der Waals surface area contributed by atoms with Crippen LogP contribution in [0.25, 0.3) is 11.1 Å².